The van der Waals surface area contributed by atoms with Crippen molar-refractivity contribution >= 4 is 35.1 Å². The predicted molar refractivity (Wildman–Crippen MR) is 98.1 cm³/mol. The molecule has 3 rings (SSSR count). The first-order valence-electron chi connectivity index (χ1n) is 8.85. The summed E-state index contributed by atoms with van der Waals surface area (Å²) in [7, 11) is 1.37. The Morgan fingerprint density at radius 1 is 1.11 bits per heavy atom. The number of hydrogen-bond acceptors (Lipinski definition) is 6. The van der Waals surface area contributed by atoms with Gasteiger partial charge in [-0.05, 0) is 43.9 Å². The first kappa shape index (κ1) is 19.3. The van der Waals surface area contributed by atoms with Gasteiger partial charge >= 0.3 is 5.97 Å². The highest BCUT2D eigenvalue weighted by Crippen LogP contribution is 2.32. The van der Waals surface area contributed by atoms with E-state index in [4.69, 9.17) is 21.1 Å². The third-order valence-electron chi connectivity index (χ3n) is 4.92. The average molecular weight is 396 g/mol. The standard InChI is InChI=1S/C18H22ClN3O5/c1-26-18(25)11-4-2-10(3-5-11)16(23)21-22-17(24)15-9-20-13-8-12(19)6-7-14(13)27-15/h6-8,10-11,15,20H,2-5,9H2,1H3,(H,21,23)(H,22,24)/t10-,11-,15?. The molecule has 0 radical (unpaired) electrons. The number of rotatable bonds is 3. The molecular formula is C18H22ClN3O5. The number of anilines is 1. The maximum absolute atomic E-state index is 12.3. The number of esters is 1. The maximum Gasteiger partial charge on any atom is 0.308 e. The van der Waals surface area contributed by atoms with E-state index in [0.717, 1.165) is 5.69 Å². The smallest absolute Gasteiger partial charge is 0.308 e. The molecular weight excluding hydrogens is 374 g/mol. The zero-order valence-electron chi connectivity index (χ0n) is 14.9. The number of ether oxygens (including phenoxy) is 2. The van der Waals surface area contributed by atoms with Crippen molar-refractivity contribution in [3.8, 4) is 5.75 Å². The Kier molecular flexibility index (Phi) is 6.05. The molecule has 27 heavy (non-hydrogen) atoms. The van der Waals surface area contributed by atoms with E-state index in [-0.39, 0.29) is 30.3 Å². The Morgan fingerprint density at radius 2 is 1.78 bits per heavy atom. The molecule has 1 aromatic rings. The van der Waals surface area contributed by atoms with Gasteiger partial charge in [0.1, 0.15) is 5.75 Å². The van der Waals surface area contributed by atoms with Crippen LogP contribution in [0.2, 0.25) is 5.02 Å². The van der Waals surface area contributed by atoms with Gasteiger partial charge in [0.05, 0.1) is 25.3 Å². The van der Waals surface area contributed by atoms with Crippen LogP contribution in [0.25, 0.3) is 0 Å². The minimum absolute atomic E-state index is 0.149. The quantitative estimate of drug-likeness (QED) is 0.530. The molecule has 1 unspecified atom stereocenters. The predicted octanol–water partition coefficient (Wildman–Crippen LogP) is 1.64. The van der Waals surface area contributed by atoms with Gasteiger partial charge in [0.2, 0.25) is 5.91 Å². The number of amides is 2. The molecule has 1 aromatic carbocycles. The number of halogens is 1. The second-order valence-electron chi connectivity index (χ2n) is 6.68. The highest BCUT2D eigenvalue weighted by atomic mass is 35.5. The fourth-order valence-electron chi connectivity index (χ4n) is 3.35. The Labute approximate surface area is 161 Å². The van der Waals surface area contributed by atoms with Crippen LogP contribution < -0.4 is 20.9 Å². The van der Waals surface area contributed by atoms with E-state index in [2.05, 4.69) is 16.2 Å². The van der Waals surface area contributed by atoms with Crippen LogP contribution in [-0.4, -0.2) is 37.5 Å². The summed E-state index contributed by atoms with van der Waals surface area (Å²) in [4.78, 5) is 36.1. The molecule has 1 saturated carbocycles. The average Bonchev–Trinajstić information content (AvgIpc) is 2.70. The number of nitrogens with one attached hydrogen (secondary N) is 3. The summed E-state index contributed by atoms with van der Waals surface area (Å²) in [6.07, 6.45) is 1.60. The van der Waals surface area contributed by atoms with E-state index < -0.39 is 12.0 Å². The second-order valence-corrected chi connectivity index (χ2v) is 7.11. The molecule has 9 heteroatoms. The van der Waals surface area contributed by atoms with E-state index in [1.54, 1.807) is 18.2 Å². The summed E-state index contributed by atoms with van der Waals surface area (Å²) in [6, 6.07) is 5.08. The maximum atomic E-state index is 12.3. The zero-order chi connectivity index (χ0) is 19.4. The van der Waals surface area contributed by atoms with Gasteiger partial charge in [-0.2, -0.15) is 0 Å². The van der Waals surface area contributed by atoms with Crippen LogP contribution >= 0.6 is 11.6 Å². The van der Waals surface area contributed by atoms with Crippen molar-refractivity contribution in [2.75, 3.05) is 19.0 Å². The van der Waals surface area contributed by atoms with Gasteiger partial charge in [0, 0.05) is 10.9 Å². The van der Waals surface area contributed by atoms with Gasteiger partial charge in [0.15, 0.2) is 6.10 Å². The van der Waals surface area contributed by atoms with Crippen molar-refractivity contribution in [1.82, 2.24) is 10.9 Å². The molecule has 146 valence electrons. The molecule has 1 atom stereocenters. The van der Waals surface area contributed by atoms with Crippen LogP contribution in [0.3, 0.4) is 0 Å². The van der Waals surface area contributed by atoms with Crippen molar-refractivity contribution in [3.63, 3.8) is 0 Å². The molecule has 2 aliphatic rings. The van der Waals surface area contributed by atoms with E-state index >= 15 is 0 Å². The van der Waals surface area contributed by atoms with E-state index in [0.29, 0.717) is 36.5 Å². The first-order chi connectivity index (χ1) is 13.0. The van der Waals surface area contributed by atoms with Gasteiger partial charge in [-0.1, -0.05) is 11.6 Å². The number of benzene rings is 1. The third kappa shape index (κ3) is 4.63. The molecule has 8 nitrogen and oxygen atoms in total. The number of methoxy groups -OCH3 is 1. The Balaban J connectivity index is 1.45. The van der Waals surface area contributed by atoms with Crippen molar-refractivity contribution < 1.29 is 23.9 Å². The minimum atomic E-state index is -0.769. The van der Waals surface area contributed by atoms with Crippen LogP contribution in [0, 0.1) is 11.8 Å². The summed E-state index contributed by atoms with van der Waals surface area (Å²) in [5.74, 6) is -0.797. The molecule has 0 aromatic heterocycles. The topological polar surface area (TPSA) is 106 Å². The highest BCUT2D eigenvalue weighted by Gasteiger charge is 2.31. The van der Waals surface area contributed by atoms with E-state index in [9.17, 15) is 14.4 Å². The fraction of sp³-hybridized carbons (Fsp3) is 0.500. The Bertz CT molecular complexity index is 734. The van der Waals surface area contributed by atoms with Gasteiger partial charge in [-0.25, -0.2) is 0 Å². The summed E-state index contributed by atoms with van der Waals surface area (Å²) < 4.78 is 10.4. The summed E-state index contributed by atoms with van der Waals surface area (Å²) in [5, 5.41) is 3.65. The summed E-state index contributed by atoms with van der Waals surface area (Å²) in [5.41, 5.74) is 5.59. The second kappa shape index (κ2) is 8.47. The molecule has 1 fully saturated rings. The van der Waals surface area contributed by atoms with Crippen LogP contribution in [0.4, 0.5) is 5.69 Å². The lowest BCUT2D eigenvalue weighted by Gasteiger charge is -2.28. The summed E-state index contributed by atoms with van der Waals surface area (Å²) >= 11 is 5.92. The van der Waals surface area contributed by atoms with E-state index in [1.165, 1.54) is 7.11 Å². The normalized spacial score (nSPS) is 23.9. The first-order valence-corrected chi connectivity index (χ1v) is 9.23. The lowest BCUT2D eigenvalue weighted by atomic mass is 9.82. The van der Waals surface area contributed by atoms with Crippen LogP contribution in [0.1, 0.15) is 25.7 Å². The molecule has 0 saturated heterocycles. The number of hydrogen-bond donors (Lipinski definition) is 3. The molecule has 0 bridgehead atoms. The number of carbonyl (C=O) groups is 3. The van der Waals surface area contributed by atoms with Gasteiger partial charge in [0.25, 0.3) is 5.91 Å². The molecule has 3 N–H and O–H groups in total. The summed E-state index contributed by atoms with van der Waals surface area (Å²) in [6.45, 7) is 0.263. The van der Waals surface area contributed by atoms with Crippen LogP contribution in [0.5, 0.6) is 5.75 Å². The Hall–Kier alpha value is -2.48. The van der Waals surface area contributed by atoms with Crippen molar-refractivity contribution in [3.05, 3.63) is 23.2 Å². The minimum Gasteiger partial charge on any atom is -0.476 e. The van der Waals surface area contributed by atoms with E-state index in [1.807, 2.05) is 0 Å². The molecule has 1 aliphatic carbocycles. The fourth-order valence-corrected chi connectivity index (χ4v) is 3.52. The monoisotopic (exact) mass is 395 g/mol. The van der Waals surface area contributed by atoms with Gasteiger partial charge in [-0.15, -0.1) is 0 Å². The molecule has 1 heterocycles. The number of hydrazine groups is 1. The zero-order valence-corrected chi connectivity index (χ0v) is 15.7. The van der Waals surface area contributed by atoms with Crippen LogP contribution in [-0.2, 0) is 19.1 Å². The molecule has 2 amide bonds. The third-order valence-corrected chi connectivity index (χ3v) is 5.16. The van der Waals surface area contributed by atoms with Crippen molar-refractivity contribution in [1.29, 1.82) is 0 Å². The lowest BCUT2D eigenvalue weighted by molar-refractivity contribution is -0.147. The number of fused-ring (bicyclic) bond motifs is 1. The largest absolute Gasteiger partial charge is 0.476 e. The van der Waals surface area contributed by atoms with Crippen LogP contribution in [0.15, 0.2) is 18.2 Å². The van der Waals surface area contributed by atoms with Gasteiger partial charge in [-0.3, -0.25) is 25.2 Å². The van der Waals surface area contributed by atoms with Crippen molar-refractivity contribution in [2.45, 2.75) is 31.8 Å². The highest BCUT2D eigenvalue weighted by molar-refractivity contribution is 6.30. The van der Waals surface area contributed by atoms with Crippen molar-refractivity contribution in [2.24, 2.45) is 11.8 Å². The SMILES string of the molecule is COC(=O)[C@H]1CC[C@H](C(=O)NNC(=O)C2CNc3cc(Cl)ccc3O2)CC1. The molecule has 1 aliphatic heterocycles. The Morgan fingerprint density at radius 3 is 2.48 bits per heavy atom. The lowest BCUT2D eigenvalue weighted by Crippen LogP contribution is -2.52. The van der Waals surface area contributed by atoms with Gasteiger partial charge < -0.3 is 14.8 Å². The molecule has 0 spiro atoms. The number of carbonyl (C=O) groups excluding carboxylic acids is 3.